The molecule has 0 bridgehead atoms. The Morgan fingerprint density at radius 2 is 1.60 bits per heavy atom. The lowest BCUT2D eigenvalue weighted by Crippen LogP contribution is -2.39. The van der Waals surface area contributed by atoms with Crippen molar-refractivity contribution >= 4 is 16.9 Å². The Kier molecular flexibility index (Phi) is 5.01. The van der Waals surface area contributed by atoms with Crippen LogP contribution in [-0.4, -0.2) is 38.4 Å². The van der Waals surface area contributed by atoms with Crippen molar-refractivity contribution in [3.05, 3.63) is 96.1 Å². The first-order valence-electron chi connectivity index (χ1n) is 10.5. The van der Waals surface area contributed by atoms with Crippen LogP contribution in [-0.2, 0) is 6.42 Å². The molecule has 1 amide bonds. The molecule has 1 aliphatic rings. The summed E-state index contributed by atoms with van der Waals surface area (Å²) in [7, 11) is 0. The van der Waals surface area contributed by atoms with Crippen molar-refractivity contribution < 1.29 is 4.79 Å². The van der Waals surface area contributed by atoms with Crippen molar-refractivity contribution in [2.75, 3.05) is 13.1 Å². The van der Waals surface area contributed by atoms with E-state index >= 15 is 0 Å². The van der Waals surface area contributed by atoms with Crippen molar-refractivity contribution in [2.24, 2.45) is 0 Å². The van der Waals surface area contributed by atoms with Gasteiger partial charge in [0.2, 0.25) is 0 Å². The van der Waals surface area contributed by atoms with Crippen molar-refractivity contribution in [3.8, 4) is 0 Å². The molecule has 5 rings (SSSR count). The second kappa shape index (κ2) is 8.11. The highest BCUT2D eigenvalue weighted by Crippen LogP contribution is 2.30. The fraction of sp³-hybridized carbons (Fsp3) is 0.240. The van der Waals surface area contributed by atoms with Crippen LogP contribution in [0.25, 0.3) is 11.0 Å². The Morgan fingerprint density at radius 3 is 2.37 bits per heavy atom. The minimum atomic E-state index is 0.0934. The second-order valence-corrected chi connectivity index (χ2v) is 7.81. The molecule has 2 aromatic heterocycles. The predicted octanol–water partition coefficient (Wildman–Crippen LogP) is 4.50. The molecule has 0 spiro atoms. The van der Waals surface area contributed by atoms with Gasteiger partial charge in [-0.1, -0.05) is 42.5 Å². The summed E-state index contributed by atoms with van der Waals surface area (Å²) in [6, 6.07) is 22.8. The zero-order valence-electron chi connectivity index (χ0n) is 16.8. The normalized spacial score (nSPS) is 14.9. The first kappa shape index (κ1) is 18.6. The highest BCUT2D eigenvalue weighted by molar-refractivity contribution is 5.94. The van der Waals surface area contributed by atoms with Gasteiger partial charge in [-0.05, 0) is 42.7 Å². The number of carbonyl (C=O) groups excluding carboxylic acids is 1. The summed E-state index contributed by atoms with van der Waals surface area (Å²) >= 11 is 0. The van der Waals surface area contributed by atoms with Crippen LogP contribution in [0.2, 0.25) is 0 Å². The Labute approximate surface area is 176 Å². The van der Waals surface area contributed by atoms with E-state index in [0.717, 1.165) is 43.7 Å². The van der Waals surface area contributed by atoms with Gasteiger partial charge in [-0.15, -0.1) is 0 Å². The fourth-order valence-electron chi connectivity index (χ4n) is 4.41. The lowest BCUT2D eigenvalue weighted by atomic mass is 10.0. The molecule has 0 atom stereocenters. The predicted molar refractivity (Wildman–Crippen MR) is 117 cm³/mol. The van der Waals surface area contributed by atoms with Gasteiger partial charge in [0.1, 0.15) is 5.82 Å². The molecule has 0 aliphatic carbocycles. The summed E-state index contributed by atoms with van der Waals surface area (Å²) < 4.78 is 2.41. The largest absolute Gasteiger partial charge is 0.338 e. The number of imidazole rings is 1. The monoisotopic (exact) mass is 396 g/mol. The number of hydrogen-bond donors (Lipinski definition) is 0. The van der Waals surface area contributed by atoms with E-state index in [-0.39, 0.29) is 5.91 Å². The lowest BCUT2D eigenvalue weighted by Gasteiger charge is -2.33. The minimum Gasteiger partial charge on any atom is -0.338 e. The molecule has 5 heteroatoms. The van der Waals surface area contributed by atoms with Crippen molar-refractivity contribution in [1.29, 1.82) is 0 Å². The molecular weight excluding hydrogens is 372 g/mol. The van der Waals surface area contributed by atoms with Gasteiger partial charge in [-0.25, -0.2) is 4.98 Å². The van der Waals surface area contributed by atoms with Crippen molar-refractivity contribution in [3.63, 3.8) is 0 Å². The summed E-state index contributed by atoms with van der Waals surface area (Å²) in [6.07, 6.45) is 6.02. The molecule has 2 aromatic carbocycles. The standard InChI is InChI=1S/C25H24N4O/c30-25(20-10-14-26-15-11-20)28-16-12-21(13-17-28)29-23-9-5-4-8-22(23)27-24(29)18-19-6-2-1-3-7-19/h1-11,14-15,21H,12-13,16-18H2. The van der Waals surface area contributed by atoms with Gasteiger partial charge in [0, 0.05) is 43.5 Å². The van der Waals surface area contributed by atoms with Crippen LogP contribution in [0.3, 0.4) is 0 Å². The number of nitrogens with zero attached hydrogens (tertiary/aromatic N) is 4. The quantitative estimate of drug-likeness (QED) is 0.510. The molecule has 30 heavy (non-hydrogen) atoms. The summed E-state index contributed by atoms with van der Waals surface area (Å²) in [6.45, 7) is 1.51. The Balaban J connectivity index is 1.40. The molecule has 0 saturated carbocycles. The molecule has 1 fully saturated rings. The molecule has 0 N–H and O–H groups in total. The average Bonchev–Trinajstić information content (AvgIpc) is 3.17. The van der Waals surface area contributed by atoms with Crippen LogP contribution in [0.4, 0.5) is 0 Å². The average molecular weight is 396 g/mol. The van der Waals surface area contributed by atoms with Crippen LogP contribution in [0.5, 0.6) is 0 Å². The molecule has 1 aliphatic heterocycles. The van der Waals surface area contributed by atoms with Crippen LogP contribution in [0, 0.1) is 0 Å². The molecule has 3 heterocycles. The molecule has 0 unspecified atom stereocenters. The smallest absolute Gasteiger partial charge is 0.253 e. The number of rotatable bonds is 4. The highest BCUT2D eigenvalue weighted by atomic mass is 16.2. The zero-order valence-corrected chi connectivity index (χ0v) is 16.8. The van der Waals surface area contributed by atoms with Crippen molar-refractivity contribution in [2.45, 2.75) is 25.3 Å². The number of pyridine rings is 1. The number of fused-ring (bicyclic) bond motifs is 1. The maximum atomic E-state index is 12.8. The van der Waals surface area contributed by atoms with E-state index in [0.29, 0.717) is 11.6 Å². The fourth-order valence-corrected chi connectivity index (χ4v) is 4.41. The second-order valence-electron chi connectivity index (χ2n) is 7.81. The molecule has 4 aromatic rings. The molecule has 5 nitrogen and oxygen atoms in total. The van der Waals surface area contributed by atoms with Crippen LogP contribution in [0.15, 0.2) is 79.1 Å². The first-order valence-corrected chi connectivity index (χ1v) is 10.5. The van der Waals surface area contributed by atoms with E-state index in [2.05, 4.69) is 52.0 Å². The van der Waals surface area contributed by atoms with Gasteiger partial charge in [0.15, 0.2) is 0 Å². The number of aromatic nitrogens is 3. The maximum Gasteiger partial charge on any atom is 0.253 e. The maximum absolute atomic E-state index is 12.8. The van der Waals surface area contributed by atoms with Gasteiger partial charge < -0.3 is 9.47 Å². The van der Waals surface area contributed by atoms with Crippen LogP contribution < -0.4 is 0 Å². The summed E-state index contributed by atoms with van der Waals surface area (Å²) in [5, 5.41) is 0. The number of benzene rings is 2. The lowest BCUT2D eigenvalue weighted by molar-refractivity contribution is 0.0695. The number of likely N-dealkylation sites (tertiary alicyclic amines) is 1. The number of amides is 1. The third-order valence-corrected chi connectivity index (χ3v) is 5.92. The van der Waals surface area contributed by atoms with Crippen LogP contribution >= 0.6 is 0 Å². The third-order valence-electron chi connectivity index (χ3n) is 5.92. The zero-order chi connectivity index (χ0) is 20.3. The van der Waals surface area contributed by atoms with E-state index in [9.17, 15) is 4.79 Å². The molecule has 0 radical (unpaired) electrons. The van der Waals surface area contributed by atoms with Gasteiger partial charge >= 0.3 is 0 Å². The Hall–Kier alpha value is -3.47. The number of hydrogen-bond acceptors (Lipinski definition) is 3. The van der Waals surface area contributed by atoms with Gasteiger partial charge in [-0.2, -0.15) is 0 Å². The number of para-hydroxylation sites is 2. The molecule has 150 valence electrons. The third kappa shape index (κ3) is 3.59. The van der Waals surface area contributed by atoms with E-state index in [4.69, 9.17) is 4.98 Å². The number of carbonyl (C=O) groups is 1. The van der Waals surface area contributed by atoms with Gasteiger partial charge in [0.05, 0.1) is 11.0 Å². The summed E-state index contributed by atoms with van der Waals surface area (Å²) in [5.41, 5.74) is 4.20. The topological polar surface area (TPSA) is 51.0 Å². The summed E-state index contributed by atoms with van der Waals surface area (Å²) in [4.78, 5) is 23.7. The molecular formula is C25H24N4O. The number of piperidine rings is 1. The van der Waals surface area contributed by atoms with Gasteiger partial charge in [-0.3, -0.25) is 9.78 Å². The molecule has 1 saturated heterocycles. The van der Waals surface area contributed by atoms with Crippen LogP contribution in [0.1, 0.15) is 40.6 Å². The van der Waals surface area contributed by atoms with E-state index < -0.39 is 0 Å². The SMILES string of the molecule is O=C(c1ccncc1)N1CCC(n2c(Cc3ccccc3)nc3ccccc32)CC1. The Morgan fingerprint density at radius 1 is 0.900 bits per heavy atom. The Bertz CT molecular complexity index is 1150. The van der Waals surface area contributed by atoms with E-state index in [1.165, 1.54) is 11.1 Å². The van der Waals surface area contributed by atoms with E-state index in [1.54, 1.807) is 24.5 Å². The van der Waals surface area contributed by atoms with Gasteiger partial charge in [0.25, 0.3) is 5.91 Å². The van der Waals surface area contributed by atoms with E-state index in [1.807, 2.05) is 17.0 Å². The summed E-state index contributed by atoms with van der Waals surface area (Å²) in [5.74, 6) is 1.19. The first-order chi connectivity index (χ1) is 14.8. The van der Waals surface area contributed by atoms with Crippen molar-refractivity contribution in [1.82, 2.24) is 19.4 Å². The highest BCUT2D eigenvalue weighted by Gasteiger charge is 2.27. The minimum absolute atomic E-state index is 0.0934.